The molecule has 1 aromatic heterocycles. The lowest BCUT2D eigenvalue weighted by molar-refractivity contribution is 0.0685. The molecule has 2 N–H and O–H groups in total. The van der Waals surface area contributed by atoms with Crippen molar-refractivity contribution >= 4 is 16.7 Å². The molecule has 0 amide bonds. The number of hydrogen-bond acceptors (Lipinski definition) is 2. The standard InChI is InChI=1S/C15H12N2O2/c1-9-2-3-11-7-12(5-4-10(11)6-9)13-8-16-14(17-13)15(18)19/h2-8H,1H3,(H,16,17)(H,18,19). The van der Waals surface area contributed by atoms with E-state index in [-0.39, 0.29) is 5.82 Å². The van der Waals surface area contributed by atoms with E-state index < -0.39 is 5.97 Å². The van der Waals surface area contributed by atoms with E-state index in [0.29, 0.717) is 5.69 Å². The minimum absolute atomic E-state index is 0.0426. The van der Waals surface area contributed by atoms with Crippen molar-refractivity contribution in [3.05, 3.63) is 54.0 Å². The lowest BCUT2D eigenvalue weighted by Gasteiger charge is -2.02. The fourth-order valence-corrected chi connectivity index (χ4v) is 2.11. The first-order valence-corrected chi connectivity index (χ1v) is 5.92. The third-order valence-corrected chi connectivity index (χ3v) is 3.09. The number of hydrogen-bond donors (Lipinski definition) is 2. The molecule has 0 bridgehead atoms. The van der Waals surface area contributed by atoms with Crippen LogP contribution in [0.3, 0.4) is 0 Å². The van der Waals surface area contributed by atoms with Crippen LogP contribution in [0.1, 0.15) is 16.2 Å². The first kappa shape index (κ1) is 11.5. The van der Waals surface area contributed by atoms with Crippen molar-refractivity contribution in [1.82, 2.24) is 9.97 Å². The van der Waals surface area contributed by atoms with Gasteiger partial charge in [0, 0.05) is 5.56 Å². The molecule has 0 aliphatic heterocycles. The second-order valence-corrected chi connectivity index (χ2v) is 4.52. The Balaban J connectivity index is 2.09. The van der Waals surface area contributed by atoms with Crippen LogP contribution < -0.4 is 0 Å². The van der Waals surface area contributed by atoms with E-state index in [1.54, 1.807) is 6.20 Å². The number of imidazole rings is 1. The summed E-state index contributed by atoms with van der Waals surface area (Å²) in [6.45, 7) is 2.06. The van der Waals surface area contributed by atoms with Crippen LogP contribution in [0, 0.1) is 6.92 Å². The number of aryl methyl sites for hydroxylation is 1. The highest BCUT2D eigenvalue weighted by atomic mass is 16.4. The van der Waals surface area contributed by atoms with Crippen molar-refractivity contribution < 1.29 is 9.90 Å². The molecule has 19 heavy (non-hydrogen) atoms. The van der Waals surface area contributed by atoms with Gasteiger partial charge in [-0.2, -0.15) is 0 Å². The maximum Gasteiger partial charge on any atom is 0.371 e. The number of aromatic nitrogens is 2. The molecule has 4 nitrogen and oxygen atoms in total. The summed E-state index contributed by atoms with van der Waals surface area (Å²) in [7, 11) is 0. The van der Waals surface area contributed by atoms with E-state index in [9.17, 15) is 4.79 Å². The molecule has 0 saturated carbocycles. The Morgan fingerprint density at radius 3 is 2.63 bits per heavy atom. The zero-order valence-electron chi connectivity index (χ0n) is 10.3. The van der Waals surface area contributed by atoms with Gasteiger partial charge in [-0.25, -0.2) is 9.78 Å². The molecule has 0 spiro atoms. The number of benzene rings is 2. The van der Waals surface area contributed by atoms with Gasteiger partial charge in [0.15, 0.2) is 0 Å². The number of aromatic amines is 1. The highest BCUT2D eigenvalue weighted by Gasteiger charge is 2.09. The van der Waals surface area contributed by atoms with Crippen LogP contribution >= 0.6 is 0 Å². The maximum absolute atomic E-state index is 10.8. The van der Waals surface area contributed by atoms with Crippen molar-refractivity contribution in [3.63, 3.8) is 0 Å². The highest BCUT2D eigenvalue weighted by molar-refractivity contribution is 5.88. The minimum Gasteiger partial charge on any atom is -0.475 e. The van der Waals surface area contributed by atoms with Gasteiger partial charge >= 0.3 is 5.97 Å². The van der Waals surface area contributed by atoms with Crippen LogP contribution in [0.25, 0.3) is 22.0 Å². The van der Waals surface area contributed by atoms with Gasteiger partial charge in [0.2, 0.25) is 5.82 Å². The molecule has 94 valence electrons. The van der Waals surface area contributed by atoms with Crippen molar-refractivity contribution in [3.8, 4) is 11.3 Å². The summed E-state index contributed by atoms with van der Waals surface area (Å²) < 4.78 is 0. The maximum atomic E-state index is 10.8. The molecule has 0 fully saturated rings. The molecular formula is C15H12N2O2. The Hall–Kier alpha value is -2.62. The van der Waals surface area contributed by atoms with Crippen LogP contribution in [0.15, 0.2) is 42.6 Å². The zero-order chi connectivity index (χ0) is 13.4. The SMILES string of the molecule is Cc1ccc2cc(-c3cnc(C(=O)O)[nH]3)ccc2c1. The summed E-state index contributed by atoms with van der Waals surface area (Å²) in [5.41, 5.74) is 2.85. The Morgan fingerprint density at radius 1 is 1.16 bits per heavy atom. The number of carboxylic acids is 1. The van der Waals surface area contributed by atoms with Crippen molar-refractivity contribution in [1.29, 1.82) is 0 Å². The van der Waals surface area contributed by atoms with Crippen molar-refractivity contribution in [2.45, 2.75) is 6.92 Å². The molecule has 4 heteroatoms. The van der Waals surface area contributed by atoms with Gasteiger partial charge in [-0.3, -0.25) is 0 Å². The molecule has 0 unspecified atom stereocenters. The number of H-pyrrole nitrogens is 1. The van der Waals surface area contributed by atoms with E-state index >= 15 is 0 Å². The third-order valence-electron chi connectivity index (χ3n) is 3.09. The number of fused-ring (bicyclic) bond motifs is 1. The normalized spacial score (nSPS) is 10.8. The molecule has 2 aromatic carbocycles. The van der Waals surface area contributed by atoms with Gasteiger partial charge in [-0.1, -0.05) is 35.9 Å². The second-order valence-electron chi connectivity index (χ2n) is 4.52. The summed E-state index contributed by atoms with van der Waals surface area (Å²) in [5.74, 6) is -1.10. The quantitative estimate of drug-likeness (QED) is 0.735. The van der Waals surface area contributed by atoms with E-state index in [2.05, 4.69) is 35.1 Å². The largest absolute Gasteiger partial charge is 0.475 e. The molecule has 1 heterocycles. The second kappa shape index (κ2) is 4.24. The number of nitrogens with one attached hydrogen (secondary N) is 1. The predicted octanol–water partition coefficient (Wildman–Crippen LogP) is 3.24. The van der Waals surface area contributed by atoms with Crippen molar-refractivity contribution in [2.75, 3.05) is 0 Å². The van der Waals surface area contributed by atoms with E-state index in [4.69, 9.17) is 5.11 Å². The first-order chi connectivity index (χ1) is 9.13. The molecule has 0 radical (unpaired) electrons. The number of carbonyl (C=O) groups is 1. The Morgan fingerprint density at radius 2 is 1.89 bits per heavy atom. The fourth-order valence-electron chi connectivity index (χ4n) is 2.11. The highest BCUT2D eigenvalue weighted by Crippen LogP contribution is 2.24. The van der Waals surface area contributed by atoms with Crippen LogP contribution in [0.4, 0.5) is 0 Å². The zero-order valence-corrected chi connectivity index (χ0v) is 10.3. The van der Waals surface area contributed by atoms with Gasteiger partial charge in [0.1, 0.15) is 0 Å². The van der Waals surface area contributed by atoms with Gasteiger partial charge in [0.25, 0.3) is 0 Å². The number of aromatic carboxylic acids is 1. The summed E-state index contributed by atoms with van der Waals surface area (Å²) in [5, 5.41) is 11.1. The summed E-state index contributed by atoms with van der Waals surface area (Å²) in [6.07, 6.45) is 1.54. The molecule has 0 atom stereocenters. The van der Waals surface area contributed by atoms with Crippen LogP contribution in [-0.2, 0) is 0 Å². The van der Waals surface area contributed by atoms with Crippen LogP contribution in [0.5, 0.6) is 0 Å². The van der Waals surface area contributed by atoms with Gasteiger partial charge in [-0.05, 0) is 23.8 Å². The van der Waals surface area contributed by atoms with Gasteiger partial charge in [-0.15, -0.1) is 0 Å². The van der Waals surface area contributed by atoms with Crippen LogP contribution in [0.2, 0.25) is 0 Å². The molecule has 0 aliphatic rings. The molecule has 0 saturated heterocycles. The monoisotopic (exact) mass is 252 g/mol. The lowest BCUT2D eigenvalue weighted by Crippen LogP contribution is -1.98. The van der Waals surface area contributed by atoms with Gasteiger partial charge < -0.3 is 10.1 Å². The van der Waals surface area contributed by atoms with Gasteiger partial charge in [0.05, 0.1) is 11.9 Å². The Bertz CT molecular complexity index is 775. The van der Waals surface area contributed by atoms with E-state index in [0.717, 1.165) is 10.9 Å². The molecule has 0 aliphatic carbocycles. The van der Waals surface area contributed by atoms with E-state index in [1.165, 1.54) is 10.9 Å². The molecule has 3 rings (SSSR count). The first-order valence-electron chi connectivity index (χ1n) is 5.92. The Labute approximate surface area is 109 Å². The average molecular weight is 252 g/mol. The average Bonchev–Trinajstić information content (AvgIpc) is 2.88. The lowest BCUT2D eigenvalue weighted by atomic mass is 10.0. The Kier molecular flexibility index (Phi) is 2.56. The molecular weight excluding hydrogens is 240 g/mol. The number of carboxylic acid groups (broad SMARTS) is 1. The smallest absolute Gasteiger partial charge is 0.371 e. The number of nitrogens with zero attached hydrogens (tertiary/aromatic N) is 1. The minimum atomic E-state index is -1.05. The predicted molar refractivity (Wildman–Crippen MR) is 73.2 cm³/mol. The number of rotatable bonds is 2. The van der Waals surface area contributed by atoms with Crippen LogP contribution in [-0.4, -0.2) is 21.0 Å². The molecule has 3 aromatic rings. The summed E-state index contributed by atoms with van der Waals surface area (Å²) in [6, 6.07) is 12.2. The summed E-state index contributed by atoms with van der Waals surface area (Å²) in [4.78, 5) is 17.4. The van der Waals surface area contributed by atoms with E-state index in [1.807, 2.05) is 18.2 Å². The summed E-state index contributed by atoms with van der Waals surface area (Å²) >= 11 is 0. The third kappa shape index (κ3) is 2.08. The topological polar surface area (TPSA) is 66.0 Å². The fraction of sp³-hybridized carbons (Fsp3) is 0.0667. The van der Waals surface area contributed by atoms with Crippen molar-refractivity contribution in [2.24, 2.45) is 0 Å².